The van der Waals surface area contributed by atoms with Gasteiger partial charge in [-0.2, -0.15) is 5.10 Å². The van der Waals surface area contributed by atoms with Crippen LogP contribution in [0, 0.1) is 5.82 Å². The zero-order valence-corrected chi connectivity index (χ0v) is 20.0. The number of benzene rings is 4. The molecule has 1 amide bonds. The first kappa shape index (κ1) is 23.4. The van der Waals surface area contributed by atoms with Crippen LogP contribution in [0.4, 0.5) is 4.39 Å². The van der Waals surface area contributed by atoms with Crippen LogP contribution in [-0.2, 0) is 17.8 Å². The quantitative estimate of drug-likeness (QED) is 0.228. The van der Waals surface area contributed by atoms with E-state index in [-0.39, 0.29) is 18.1 Å². The summed E-state index contributed by atoms with van der Waals surface area (Å²) in [4.78, 5) is 12.1. The molecule has 0 aromatic heterocycles. The van der Waals surface area contributed by atoms with Gasteiger partial charge in [0.05, 0.1) is 24.2 Å². The number of hydrazone groups is 1. The lowest BCUT2D eigenvalue weighted by Crippen LogP contribution is -2.19. The average molecular weight is 521 g/mol. The average Bonchev–Trinajstić information content (AvgIpc) is 2.84. The van der Waals surface area contributed by atoms with Crippen LogP contribution < -0.4 is 14.9 Å². The van der Waals surface area contributed by atoms with Crippen molar-refractivity contribution in [1.29, 1.82) is 0 Å². The maximum Gasteiger partial charge on any atom is 0.244 e. The van der Waals surface area contributed by atoms with Crippen molar-refractivity contribution >= 4 is 38.8 Å². The number of methoxy groups -OCH3 is 1. The van der Waals surface area contributed by atoms with Crippen molar-refractivity contribution in [3.05, 3.63) is 106 Å². The Morgan fingerprint density at radius 3 is 2.50 bits per heavy atom. The number of rotatable bonds is 8. The van der Waals surface area contributed by atoms with Crippen LogP contribution in [0.1, 0.15) is 16.7 Å². The second kappa shape index (κ2) is 10.9. The molecule has 4 rings (SSSR count). The predicted octanol–water partition coefficient (Wildman–Crippen LogP) is 6.02. The summed E-state index contributed by atoms with van der Waals surface area (Å²) in [5.74, 6) is 0.470. The highest BCUT2D eigenvalue weighted by Crippen LogP contribution is 2.37. The molecule has 1 N–H and O–H groups in total. The summed E-state index contributed by atoms with van der Waals surface area (Å²) in [6.45, 7) is 0.382. The van der Waals surface area contributed by atoms with Gasteiger partial charge >= 0.3 is 0 Å². The van der Waals surface area contributed by atoms with E-state index in [2.05, 4.69) is 50.7 Å². The molecule has 5 nitrogen and oxygen atoms in total. The van der Waals surface area contributed by atoms with Crippen LogP contribution in [0.2, 0.25) is 0 Å². The molecule has 0 fully saturated rings. The molecule has 0 atom stereocenters. The van der Waals surface area contributed by atoms with Crippen molar-refractivity contribution in [1.82, 2.24) is 5.43 Å². The minimum atomic E-state index is -0.341. The van der Waals surface area contributed by atoms with Crippen molar-refractivity contribution in [3.8, 4) is 11.5 Å². The first-order valence-electron chi connectivity index (χ1n) is 10.6. The highest BCUT2D eigenvalue weighted by atomic mass is 79.9. The predicted molar refractivity (Wildman–Crippen MR) is 135 cm³/mol. The van der Waals surface area contributed by atoms with E-state index in [4.69, 9.17) is 9.47 Å². The lowest BCUT2D eigenvalue weighted by Gasteiger charge is -2.14. The maximum atomic E-state index is 13.0. The zero-order valence-electron chi connectivity index (χ0n) is 18.4. The summed E-state index contributed by atoms with van der Waals surface area (Å²) in [5, 5.41) is 6.34. The number of nitrogens with zero attached hydrogens (tertiary/aromatic N) is 1. The van der Waals surface area contributed by atoms with Crippen molar-refractivity contribution in [2.24, 2.45) is 5.10 Å². The molecular weight excluding hydrogens is 499 g/mol. The Balaban J connectivity index is 1.40. The Morgan fingerprint density at radius 2 is 1.74 bits per heavy atom. The Morgan fingerprint density at radius 1 is 1.00 bits per heavy atom. The van der Waals surface area contributed by atoms with Gasteiger partial charge in [-0.25, -0.2) is 9.82 Å². The molecular formula is C27H22BrFN2O3. The normalized spacial score (nSPS) is 11.0. The molecule has 0 heterocycles. The van der Waals surface area contributed by atoms with Gasteiger partial charge < -0.3 is 9.47 Å². The van der Waals surface area contributed by atoms with E-state index in [1.807, 2.05) is 24.3 Å². The molecule has 0 aliphatic rings. The lowest BCUT2D eigenvalue weighted by molar-refractivity contribution is -0.120. The van der Waals surface area contributed by atoms with Crippen molar-refractivity contribution < 1.29 is 18.7 Å². The maximum absolute atomic E-state index is 13.0. The van der Waals surface area contributed by atoms with Crippen molar-refractivity contribution in [3.63, 3.8) is 0 Å². The molecule has 34 heavy (non-hydrogen) atoms. The van der Waals surface area contributed by atoms with Gasteiger partial charge in [-0.3, -0.25) is 4.79 Å². The summed E-state index contributed by atoms with van der Waals surface area (Å²) >= 11 is 3.54. The van der Waals surface area contributed by atoms with Gasteiger partial charge in [0.25, 0.3) is 0 Å². The topological polar surface area (TPSA) is 59.9 Å². The number of amides is 1. The van der Waals surface area contributed by atoms with Crippen LogP contribution in [-0.4, -0.2) is 19.2 Å². The molecule has 0 bridgehead atoms. The molecule has 4 aromatic rings. The number of halogens is 2. The molecule has 172 valence electrons. The number of ether oxygens (including phenoxy) is 2. The van der Waals surface area contributed by atoms with Crippen LogP contribution in [0.25, 0.3) is 10.8 Å². The number of fused-ring (bicyclic) bond motifs is 1. The lowest BCUT2D eigenvalue weighted by atomic mass is 10.1. The molecule has 0 aliphatic carbocycles. The minimum Gasteiger partial charge on any atom is -0.493 e. The molecule has 7 heteroatoms. The second-order valence-corrected chi connectivity index (χ2v) is 8.46. The summed E-state index contributed by atoms with van der Waals surface area (Å²) in [5.41, 5.74) is 4.93. The van der Waals surface area contributed by atoms with Crippen LogP contribution >= 0.6 is 15.9 Å². The van der Waals surface area contributed by atoms with Gasteiger partial charge in [-0.1, -0.05) is 48.5 Å². The zero-order chi connectivity index (χ0) is 23.9. The van der Waals surface area contributed by atoms with Crippen LogP contribution in [0.3, 0.4) is 0 Å². The van der Waals surface area contributed by atoms with Gasteiger partial charge in [0, 0.05) is 0 Å². The molecule has 4 aromatic carbocycles. The Labute approximate surface area is 205 Å². The SMILES string of the molecule is COc1cc(/C=N/NC(=O)Cc2ccc(F)cc2)cc(Br)c1OCc1ccc2ccccc2c1. The molecule has 0 saturated carbocycles. The molecule has 0 spiro atoms. The van der Waals surface area contributed by atoms with Gasteiger partial charge in [-0.15, -0.1) is 0 Å². The van der Waals surface area contributed by atoms with E-state index < -0.39 is 0 Å². The Kier molecular flexibility index (Phi) is 7.54. The number of hydrogen-bond donors (Lipinski definition) is 1. The fraction of sp³-hybridized carbons (Fsp3) is 0.111. The van der Waals surface area contributed by atoms with Crippen molar-refractivity contribution in [2.75, 3.05) is 7.11 Å². The highest BCUT2D eigenvalue weighted by molar-refractivity contribution is 9.10. The van der Waals surface area contributed by atoms with Gasteiger partial charge in [0.2, 0.25) is 5.91 Å². The smallest absolute Gasteiger partial charge is 0.244 e. The first-order valence-corrected chi connectivity index (χ1v) is 11.4. The minimum absolute atomic E-state index is 0.103. The number of carbonyl (C=O) groups is 1. The van der Waals surface area contributed by atoms with Crippen LogP contribution in [0.5, 0.6) is 11.5 Å². The Bertz CT molecular complexity index is 1340. The van der Waals surface area contributed by atoms with E-state index in [0.717, 1.165) is 10.9 Å². The summed E-state index contributed by atoms with van der Waals surface area (Å²) in [6.07, 6.45) is 1.62. The fourth-order valence-corrected chi connectivity index (χ4v) is 4.02. The number of carbonyl (C=O) groups excluding carboxylic acids is 1. The largest absolute Gasteiger partial charge is 0.493 e. The van der Waals surface area contributed by atoms with E-state index in [9.17, 15) is 9.18 Å². The molecule has 0 radical (unpaired) electrons. The van der Waals surface area contributed by atoms with E-state index in [1.54, 1.807) is 25.3 Å². The number of nitrogens with one attached hydrogen (secondary N) is 1. The third kappa shape index (κ3) is 5.99. The van der Waals surface area contributed by atoms with Gasteiger partial charge in [0.15, 0.2) is 11.5 Å². The molecule has 0 saturated heterocycles. The monoisotopic (exact) mass is 520 g/mol. The van der Waals surface area contributed by atoms with E-state index in [1.165, 1.54) is 23.7 Å². The third-order valence-corrected chi connectivity index (χ3v) is 5.72. The van der Waals surface area contributed by atoms with Crippen LogP contribution in [0.15, 0.2) is 88.4 Å². The Hall–Kier alpha value is -3.71. The summed E-state index contributed by atoms with van der Waals surface area (Å²) in [7, 11) is 1.57. The highest BCUT2D eigenvalue weighted by Gasteiger charge is 2.12. The second-order valence-electron chi connectivity index (χ2n) is 7.60. The standard InChI is InChI=1S/C27H22BrFN2O3/c1-33-25-14-20(16-30-31-26(32)15-18-7-10-23(29)11-8-18)13-24(28)27(25)34-17-19-6-9-21-4-2-3-5-22(21)12-19/h2-14,16H,15,17H2,1H3,(H,31,32)/b30-16+. The third-order valence-electron chi connectivity index (χ3n) is 5.13. The van der Waals surface area contributed by atoms with Crippen molar-refractivity contribution in [2.45, 2.75) is 13.0 Å². The summed E-state index contributed by atoms with van der Waals surface area (Å²) < 4.78 is 25.2. The van der Waals surface area contributed by atoms with E-state index >= 15 is 0 Å². The van der Waals surface area contributed by atoms with Gasteiger partial charge in [0.1, 0.15) is 12.4 Å². The first-order chi connectivity index (χ1) is 16.5. The molecule has 0 unspecified atom stereocenters. The number of hydrogen-bond acceptors (Lipinski definition) is 4. The van der Waals surface area contributed by atoms with Gasteiger partial charge in [-0.05, 0) is 73.7 Å². The summed E-state index contributed by atoms with van der Waals surface area (Å²) in [6, 6.07) is 23.8. The molecule has 0 aliphatic heterocycles. The fourth-order valence-electron chi connectivity index (χ4n) is 3.44. The van der Waals surface area contributed by atoms with E-state index in [0.29, 0.717) is 33.7 Å².